The summed E-state index contributed by atoms with van der Waals surface area (Å²) in [6.07, 6.45) is 1.83. The van der Waals surface area contributed by atoms with E-state index in [1.807, 2.05) is 67.0 Å². The molecule has 2 N–H and O–H groups in total. The summed E-state index contributed by atoms with van der Waals surface area (Å²) in [5.41, 5.74) is 5.31. The number of para-hydroxylation sites is 4. The van der Waals surface area contributed by atoms with Crippen molar-refractivity contribution in [2.75, 3.05) is 5.32 Å². The van der Waals surface area contributed by atoms with Gasteiger partial charge in [0.25, 0.3) is 0 Å². The largest absolute Gasteiger partial charge is 0.478 e. The summed E-state index contributed by atoms with van der Waals surface area (Å²) in [6, 6.07) is 23.0. The van der Waals surface area contributed by atoms with Gasteiger partial charge in [-0.15, -0.1) is 0 Å². The van der Waals surface area contributed by atoms with Gasteiger partial charge in [0.1, 0.15) is 6.33 Å². The molecule has 0 aliphatic rings. The van der Waals surface area contributed by atoms with Crippen molar-refractivity contribution in [1.82, 2.24) is 9.55 Å². The fourth-order valence-electron chi connectivity index (χ4n) is 2.95. The highest BCUT2D eigenvalue weighted by atomic mass is 16.4. The third-order valence-corrected chi connectivity index (χ3v) is 4.30. The number of fused-ring (bicyclic) bond motifs is 1. The van der Waals surface area contributed by atoms with Crippen molar-refractivity contribution in [1.29, 1.82) is 0 Å². The first-order valence-corrected chi connectivity index (χ1v) is 8.30. The molecular weight excluding hydrogens is 326 g/mol. The van der Waals surface area contributed by atoms with Crippen LogP contribution in [0, 0.1) is 0 Å². The van der Waals surface area contributed by atoms with Gasteiger partial charge >= 0.3 is 5.97 Å². The summed E-state index contributed by atoms with van der Waals surface area (Å²) in [5.74, 6) is -0.915. The maximum atomic E-state index is 11.0. The predicted molar refractivity (Wildman–Crippen MR) is 102 cm³/mol. The SMILES string of the molecule is O=C(O)c1ccc(CNc2ccccc2-n2cnc3ccccc32)cc1. The zero-order chi connectivity index (χ0) is 17.9. The zero-order valence-corrected chi connectivity index (χ0v) is 14.0. The van der Waals surface area contributed by atoms with E-state index < -0.39 is 5.97 Å². The molecule has 0 aliphatic carbocycles. The Hall–Kier alpha value is -3.60. The number of hydrogen-bond donors (Lipinski definition) is 2. The Kier molecular flexibility index (Phi) is 4.11. The highest BCUT2D eigenvalue weighted by molar-refractivity contribution is 5.87. The molecule has 5 heteroatoms. The number of hydrogen-bond acceptors (Lipinski definition) is 3. The summed E-state index contributed by atoms with van der Waals surface area (Å²) in [5, 5.41) is 12.4. The molecule has 0 unspecified atom stereocenters. The van der Waals surface area contributed by atoms with E-state index >= 15 is 0 Å². The molecule has 0 saturated carbocycles. The summed E-state index contributed by atoms with van der Waals surface area (Å²) in [4.78, 5) is 15.4. The lowest BCUT2D eigenvalue weighted by molar-refractivity contribution is 0.0697. The quantitative estimate of drug-likeness (QED) is 0.566. The van der Waals surface area contributed by atoms with Crippen molar-refractivity contribution in [3.8, 4) is 5.69 Å². The maximum absolute atomic E-state index is 11.0. The highest BCUT2D eigenvalue weighted by Gasteiger charge is 2.08. The van der Waals surface area contributed by atoms with Crippen LogP contribution in [0.5, 0.6) is 0 Å². The van der Waals surface area contributed by atoms with E-state index in [9.17, 15) is 4.79 Å². The summed E-state index contributed by atoms with van der Waals surface area (Å²) < 4.78 is 2.06. The second kappa shape index (κ2) is 6.72. The first kappa shape index (κ1) is 15.9. The van der Waals surface area contributed by atoms with Gasteiger partial charge in [-0.05, 0) is 42.0 Å². The molecule has 4 rings (SSSR count). The third kappa shape index (κ3) is 3.02. The van der Waals surface area contributed by atoms with Crippen LogP contribution in [0.4, 0.5) is 5.69 Å². The molecule has 0 aliphatic heterocycles. The summed E-state index contributed by atoms with van der Waals surface area (Å²) in [6.45, 7) is 0.601. The second-order valence-corrected chi connectivity index (χ2v) is 5.98. The van der Waals surface area contributed by atoms with E-state index in [0.717, 1.165) is 28.0 Å². The lowest BCUT2D eigenvalue weighted by Gasteiger charge is -2.13. The van der Waals surface area contributed by atoms with Crippen molar-refractivity contribution in [3.63, 3.8) is 0 Å². The monoisotopic (exact) mass is 343 g/mol. The maximum Gasteiger partial charge on any atom is 0.335 e. The molecule has 0 bridgehead atoms. The van der Waals surface area contributed by atoms with Crippen molar-refractivity contribution in [3.05, 3.63) is 90.3 Å². The van der Waals surface area contributed by atoms with Crippen molar-refractivity contribution >= 4 is 22.7 Å². The number of carboxylic acids is 1. The number of rotatable bonds is 5. The van der Waals surface area contributed by atoms with Gasteiger partial charge in [0, 0.05) is 6.54 Å². The lowest BCUT2D eigenvalue weighted by atomic mass is 10.1. The van der Waals surface area contributed by atoms with E-state index in [2.05, 4.69) is 14.9 Å². The molecule has 1 heterocycles. The van der Waals surface area contributed by atoms with Gasteiger partial charge in [-0.3, -0.25) is 4.57 Å². The Morgan fingerprint density at radius 3 is 2.50 bits per heavy atom. The number of imidazole rings is 1. The second-order valence-electron chi connectivity index (χ2n) is 5.98. The van der Waals surface area contributed by atoms with E-state index in [1.165, 1.54) is 0 Å². The highest BCUT2D eigenvalue weighted by Crippen LogP contribution is 2.25. The van der Waals surface area contributed by atoms with Gasteiger partial charge < -0.3 is 10.4 Å². The standard InChI is InChI=1S/C21H17N3O2/c25-21(26)16-11-9-15(10-12-16)13-22-17-5-1-3-7-19(17)24-14-23-18-6-2-4-8-20(18)24/h1-12,14,22H,13H2,(H,25,26). The lowest BCUT2D eigenvalue weighted by Crippen LogP contribution is -2.04. The van der Waals surface area contributed by atoms with Crippen molar-refractivity contribution in [2.24, 2.45) is 0 Å². The number of carboxylic acid groups (broad SMARTS) is 1. The van der Waals surface area contributed by atoms with Gasteiger partial charge in [0.15, 0.2) is 0 Å². The van der Waals surface area contributed by atoms with Gasteiger partial charge in [-0.25, -0.2) is 9.78 Å². The summed E-state index contributed by atoms with van der Waals surface area (Å²) in [7, 11) is 0. The Labute approximate surface area is 150 Å². The normalized spacial score (nSPS) is 10.8. The van der Waals surface area contributed by atoms with E-state index in [1.54, 1.807) is 12.1 Å². The molecule has 128 valence electrons. The van der Waals surface area contributed by atoms with Crippen LogP contribution < -0.4 is 5.32 Å². The molecule has 0 radical (unpaired) electrons. The molecule has 26 heavy (non-hydrogen) atoms. The van der Waals surface area contributed by atoms with Crippen LogP contribution in [0.2, 0.25) is 0 Å². The van der Waals surface area contributed by atoms with Crippen molar-refractivity contribution in [2.45, 2.75) is 6.54 Å². The Morgan fingerprint density at radius 1 is 0.962 bits per heavy atom. The van der Waals surface area contributed by atoms with Crippen LogP contribution >= 0.6 is 0 Å². The summed E-state index contributed by atoms with van der Waals surface area (Å²) >= 11 is 0. The number of benzene rings is 3. The van der Waals surface area contributed by atoms with Crippen LogP contribution in [0.25, 0.3) is 16.7 Å². The van der Waals surface area contributed by atoms with Gasteiger partial charge in [-0.1, -0.05) is 36.4 Å². The number of anilines is 1. The number of nitrogens with zero attached hydrogens (tertiary/aromatic N) is 2. The molecule has 5 nitrogen and oxygen atoms in total. The van der Waals surface area contributed by atoms with E-state index in [-0.39, 0.29) is 0 Å². The van der Waals surface area contributed by atoms with E-state index in [4.69, 9.17) is 5.11 Å². The van der Waals surface area contributed by atoms with Crippen LogP contribution in [-0.2, 0) is 6.54 Å². The van der Waals surface area contributed by atoms with Gasteiger partial charge in [0.2, 0.25) is 0 Å². The first-order chi connectivity index (χ1) is 12.7. The number of aromatic carboxylic acids is 1. The molecule has 0 saturated heterocycles. The number of carbonyl (C=O) groups is 1. The topological polar surface area (TPSA) is 67.2 Å². The van der Waals surface area contributed by atoms with Crippen LogP contribution in [0.1, 0.15) is 15.9 Å². The average Bonchev–Trinajstić information content (AvgIpc) is 3.11. The molecule has 3 aromatic carbocycles. The smallest absolute Gasteiger partial charge is 0.335 e. The minimum absolute atomic E-state index is 0.291. The molecule has 4 aromatic rings. The predicted octanol–water partition coefficient (Wildman–Crippen LogP) is 4.34. The van der Waals surface area contributed by atoms with E-state index in [0.29, 0.717) is 12.1 Å². The fraction of sp³-hybridized carbons (Fsp3) is 0.0476. The molecular formula is C21H17N3O2. The number of nitrogens with one attached hydrogen (secondary N) is 1. The molecule has 0 spiro atoms. The average molecular weight is 343 g/mol. The minimum atomic E-state index is -0.915. The molecule has 1 aromatic heterocycles. The fourth-order valence-corrected chi connectivity index (χ4v) is 2.95. The van der Waals surface area contributed by atoms with Crippen LogP contribution in [0.3, 0.4) is 0 Å². The molecule has 0 amide bonds. The first-order valence-electron chi connectivity index (χ1n) is 8.30. The minimum Gasteiger partial charge on any atom is -0.478 e. The Balaban J connectivity index is 1.61. The Morgan fingerprint density at radius 2 is 1.69 bits per heavy atom. The van der Waals surface area contributed by atoms with Crippen molar-refractivity contribution < 1.29 is 9.90 Å². The van der Waals surface area contributed by atoms with Gasteiger partial charge in [-0.2, -0.15) is 0 Å². The zero-order valence-electron chi connectivity index (χ0n) is 14.0. The molecule has 0 fully saturated rings. The van der Waals surface area contributed by atoms with Crippen LogP contribution in [-0.4, -0.2) is 20.6 Å². The number of aromatic nitrogens is 2. The van der Waals surface area contributed by atoms with Crippen LogP contribution in [0.15, 0.2) is 79.1 Å². The third-order valence-electron chi connectivity index (χ3n) is 4.30. The van der Waals surface area contributed by atoms with Gasteiger partial charge in [0.05, 0.1) is 28.0 Å². The Bertz CT molecular complexity index is 1070. The molecule has 0 atom stereocenters.